The molecule has 0 spiro atoms. The Balaban J connectivity index is 1.31. The van der Waals surface area contributed by atoms with Crippen LogP contribution in [-0.2, 0) is 0 Å². The lowest BCUT2D eigenvalue weighted by Gasteiger charge is -2.34. The van der Waals surface area contributed by atoms with Crippen LogP contribution in [0.3, 0.4) is 0 Å². The number of hydrogen-bond acceptors (Lipinski definition) is 7. The molecule has 38 heavy (non-hydrogen) atoms. The summed E-state index contributed by atoms with van der Waals surface area (Å²) in [5.41, 5.74) is 5.08. The van der Waals surface area contributed by atoms with Crippen molar-refractivity contribution in [1.82, 2.24) is 25.4 Å². The number of nitrogens with one attached hydrogen (secondary N) is 4. The molecular weight excluding hydrogens is 476 g/mol. The molecule has 0 bridgehead atoms. The summed E-state index contributed by atoms with van der Waals surface area (Å²) in [7, 11) is 2.14. The quantitative estimate of drug-likeness (QED) is 0.277. The summed E-state index contributed by atoms with van der Waals surface area (Å²) in [6.45, 7) is 12.2. The summed E-state index contributed by atoms with van der Waals surface area (Å²) in [5, 5.41) is 17.5. The van der Waals surface area contributed by atoms with E-state index < -0.39 is 0 Å². The molecule has 1 amide bonds. The molecule has 0 atom stereocenters. The van der Waals surface area contributed by atoms with Crippen LogP contribution in [0.25, 0.3) is 22.2 Å². The average molecular weight is 511 g/mol. The van der Waals surface area contributed by atoms with E-state index in [0.29, 0.717) is 17.0 Å². The van der Waals surface area contributed by atoms with Gasteiger partial charge in [0.1, 0.15) is 5.82 Å². The summed E-state index contributed by atoms with van der Waals surface area (Å²) in [6.07, 6.45) is 1.78. The summed E-state index contributed by atoms with van der Waals surface area (Å²) in [5.74, 6) is 1.06. The topological polar surface area (TPSA) is 101 Å². The number of piperazine rings is 1. The Hall–Kier alpha value is -4.37. The van der Waals surface area contributed by atoms with Gasteiger partial charge in [0.15, 0.2) is 5.65 Å². The fourth-order valence-electron chi connectivity index (χ4n) is 4.56. The van der Waals surface area contributed by atoms with Crippen LogP contribution < -0.4 is 20.9 Å². The second-order valence-corrected chi connectivity index (χ2v) is 9.97. The van der Waals surface area contributed by atoms with Crippen molar-refractivity contribution in [3.8, 4) is 11.1 Å². The summed E-state index contributed by atoms with van der Waals surface area (Å²) >= 11 is 0. The average Bonchev–Trinajstić information content (AvgIpc) is 3.30. The minimum absolute atomic E-state index is 0.201. The fourth-order valence-corrected chi connectivity index (χ4v) is 4.56. The molecule has 0 saturated carbocycles. The first-order valence-electron chi connectivity index (χ1n) is 12.9. The predicted molar refractivity (Wildman–Crippen MR) is 154 cm³/mol. The number of anilines is 3. The van der Waals surface area contributed by atoms with Gasteiger partial charge in [-0.1, -0.05) is 18.7 Å². The number of amides is 1. The van der Waals surface area contributed by atoms with Crippen LogP contribution in [0.1, 0.15) is 24.2 Å². The Labute approximate surface area is 222 Å². The number of carbonyl (C=O) groups is 1. The highest BCUT2D eigenvalue weighted by Crippen LogP contribution is 2.28. The maximum atomic E-state index is 13.0. The van der Waals surface area contributed by atoms with Crippen molar-refractivity contribution >= 4 is 34.1 Å². The minimum atomic E-state index is -0.201. The van der Waals surface area contributed by atoms with E-state index in [1.54, 1.807) is 6.20 Å². The lowest BCUT2D eigenvalue weighted by Crippen LogP contribution is -2.44. The van der Waals surface area contributed by atoms with Crippen LogP contribution in [0.4, 0.5) is 17.2 Å². The zero-order chi connectivity index (χ0) is 26.6. The normalized spacial score (nSPS) is 14.1. The molecule has 1 aliphatic heterocycles. The van der Waals surface area contributed by atoms with E-state index in [0.717, 1.165) is 59.9 Å². The third kappa shape index (κ3) is 5.78. The molecule has 4 N–H and O–H groups in total. The van der Waals surface area contributed by atoms with Crippen LogP contribution in [0, 0.1) is 0 Å². The highest BCUT2D eigenvalue weighted by atomic mass is 16.1. The van der Waals surface area contributed by atoms with Crippen LogP contribution in [0.5, 0.6) is 0 Å². The van der Waals surface area contributed by atoms with Crippen molar-refractivity contribution in [3.63, 3.8) is 0 Å². The largest absolute Gasteiger partial charge is 0.370 e. The molecule has 9 nitrogen and oxygen atoms in total. The number of H-pyrrole nitrogens is 1. The van der Waals surface area contributed by atoms with Crippen LogP contribution in [-0.4, -0.2) is 65.3 Å². The van der Waals surface area contributed by atoms with Gasteiger partial charge in [-0.2, -0.15) is 5.10 Å². The third-order valence-electron chi connectivity index (χ3n) is 6.60. The van der Waals surface area contributed by atoms with Gasteiger partial charge in [0.05, 0.1) is 11.2 Å². The van der Waals surface area contributed by atoms with Gasteiger partial charge < -0.3 is 25.8 Å². The Bertz CT molecular complexity index is 1430. The van der Waals surface area contributed by atoms with Crippen LogP contribution in [0.2, 0.25) is 0 Å². The van der Waals surface area contributed by atoms with Crippen molar-refractivity contribution in [2.45, 2.75) is 19.9 Å². The number of pyridine rings is 1. The molecule has 1 aliphatic rings. The number of fused-ring (bicyclic) bond motifs is 1. The molecule has 9 heteroatoms. The van der Waals surface area contributed by atoms with Gasteiger partial charge in [0.25, 0.3) is 5.91 Å². The molecular formula is C29H34N8O. The molecule has 3 heterocycles. The Morgan fingerprint density at radius 2 is 1.76 bits per heavy atom. The maximum Gasteiger partial charge on any atom is 0.256 e. The van der Waals surface area contributed by atoms with E-state index in [-0.39, 0.29) is 11.9 Å². The number of hydrogen-bond donors (Lipinski definition) is 4. The maximum absolute atomic E-state index is 13.0. The molecule has 1 saturated heterocycles. The summed E-state index contributed by atoms with van der Waals surface area (Å²) in [4.78, 5) is 22.2. The number of aromatic amines is 1. The van der Waals surface area contributed by atoms with Crippen molar-refractivity contribution in [1.29, 1.82) is 0 Å². The predicted octanol–water partition coefficient (Wildman–Crippen LogP) is 4.51. The smallest absolute Gasteiger partial charge is 0.256 e. The van der Waals surface area contributed by atoms with E-state index in [4.69, 9.17) is 0 Å². The van der Waals surface area contributed by atoms with E-state index in [2.05, 4.69) is 68.4 Å². The zero-order valence-corrected chi connectivity index (χ0v) is 22.1. The number of nitrogens with zero attached hydrogens (tertiary/aromatic N) is 4. The highest BCUT2D eigenvalue weighted by Gasteiger charge is 2.16. The Morgan fingerprint density at radius 1 is 1.00 bits per heavy atom. The van der Waals surface area contributed by atoms with Crippen molar-refractivity contribution in [3.05, 3.63) is 78.8 Å². The van der Waals surface area contributed by atoms with E-state index in [9.17, 15) is 4.79 Å². The standard InChI is InChI=1S/C29H34N8O/c1-19(2)31-20(3)32-24-7-5-6-22(16-24)23-17-26-27(30-18-23)34-35-28(26)33-29(38)21-8-10-25(11-9-21)37-14-12-36(4)13-15-37/h5-11,16-19,31-32H,3,12-15H2,1-2,4H3,(H2,30,33,34,35,38). The molecule has 1 fully saturated rings. The lowest BCUT2D eigenvalue weighted by atomic mass is 10.1. The molecule has 0 radical (unpaired) electrons. The minimum Gasteiger partial charge on any atom is -0.370 e. The van der Waals surface area contributed by atoms with Gasteiger partial charge in [0, 0.05) is 60.9 Å². The number of benzene rings is 2. The van der Waals surface area contributed by atoms with Crippen molar-refractivity contribution < 1.29 is 4.79 Å². The van der Waals surface area contributed by atoms with E-state index in [1.807, 2.05) is 54.6 Å². The lowest BCUT2D eigenvalue weighted by molar-refractivity contribution is 0.102. The number of carbonyl (C=O) groups excluding carboxylic acids is 1. The molecule has 0 aliphatic carbocycles. The second-order valence-electron chi connectivity index (χ2n) is 9.97. The van der Waals surface area contributed by atoms with Crippen molar-refractivity contribution in [2.75, 3.05) is 48.8 Å². The van der Waals surface area contributed by atoms with Crippen LogP contribution in [0.15, 0.2) is 73.2 Å². The van der Waals surface area contributed by atoms with E-state index >= 15 is 0 Å². The first-order chi connectivity index (χ1) is 18.4. The van der Waals surface area contributed by atoms with Gasteiger partial charge >= 0.3 is 0 Å². The molecule has 2 aromatic carbocycles. The summed E-state index contributed by atoms with van der Waals surface area (Å²) < 4.78 is 0. The van der Waals surface area contributed by atoms with Gasteiger partial charge in [-0.05, 0) is 68.9 Å². The first kappa shape index (κ1) is 25.3. The third-order valence-corrected chi connectivity index (χ3v) is 6.60. The monoisotopic (exact) mass is 510 g/mol. The number of likely N-dealkylation sites (N-methyl/N-ethyl adjacent to an activating group) is 1. The van der Waals surface area contributed by atoms with Crippen LogP contribution >= 0.6 is 0 Å². The van der Waals surface area contributed by atoms with Gasteiger partial charge in [-0.3, -0.25) is 9.89 Å². The Kier molecular flexibility index (Phi) is 7.28. The van der Waals surface area contributed by atoms with Gasteiger partial charge in [0.2, 0.25) is 0 Å². The van der Waals surface area contributed by atoms with Crippen molar-refractivity contribution in [2.24, 2.45) is 0 Å². The summed E-state index contributed by atoms with van der Waals surface area (Å²) in [6, 6.07) is 18.1. The molecule has 4 aromatic rings. The molecule has 2 aromatic heterocycles. The fraction of sp³-hybridized carbons (Fsp3) is 0.276. The van der Waals surface area contributed by atoms with E-state index in [1.165, 1.54) is 0 Å². The molecule has 0 unspecified atom stereocenters. The zero-order valence-electron chi connectivity index (χ0n) is 22.1. The highest BCUT2D eigenvalue weighted by molar-refractivity contribution is 6.08. The Morgan fingerprint density at radius 3 is 2.50 bits per heavy atom. The first-order valence-corrected chi connectivity index (χ1v) is 12.9. The SMILES string of the molecule is C=C(Nc1cccc(-c2cnc3n[nH]c(NC(=O)c4ccc(N5CCN(C)CC5)cc4)c3c2)c1)NC(C)C. The van der Waals surface area contributed by atoms with Gasteiger partial charge in [-0.15, -0.1) is 0 Å². The second kappa shape index (κ2) is 10.9. The number of rotatable bonds is 8. The molecule has 196 valence electrons. The number of aromatic nitrogens is 3. The molecule has 5 rings (SSSR count). The van der Waals surface area contributed by atoms with Gasteiger partial charge in [-0.25, -0.2) is 4.98 Å².